The molecule has 1 aromatic carbocycles. The van der Waals surface area contributed by atoms with Crippen molar-refractivity contribution in [2.24, 2.45) is 11.7 Å². The highest BCUT2D eigenvalue weighted by Gasteiger charge is 2.27. The summed E-state index contributed by atoms with van der Waals surface area (Å²) >= 11 is 0. The van der Waals surface area contributed by atoms with E-state index in [1.54, 1.807) is 14.2 Å². The fourth-order valence-corrected chi connectivity index (χ4v) is 2.15. The molecule has 2 N–H and O–H groups in total. The summed E-state index contributed by atoms with van der Waals surface area (Å²) in [6, 6.07) is 5.88. The van der Waals surface area contributed by atoms with E-state index in [-0.39, 0.29) is 18.4 Å². The first kappa shape index (κ1) is 14.1. The molecular formula is C13H20ClNO2. The number of rotatable bonds is 4. The Balaban J connectivity index is 0.00000144. The number of hydrogen-bond donors (Lipinski definition) is 1. The van der Waals surface area contributed by atoms with Gasteiger partial charge in [-0.3, -0.25) is 0 Å². The van der Waals surface area contributed by atoms with Crippen molar-refractivity contribution >= 4 is 12.4 Å². The molecule has 17 heavy (non-hydrogen) atoms. The van der Waals surface area contributed by atoms with E-state index in [4.69, 9.17) is 15.2 Å². The monoisotopic (exact) mass is 257 g/mol. The van der Waals surface area contributed by atoms with Gasteiger partial charge >= 0.3 is 0 Å². The van der Waals surface area contributed by atoms with Crippen LogP contribution in [-0.2, 0) is 0 Å². The predicted octanol–water partition coefficient (Wildman–Crippen LogP) is 2.93. The fraction of sp³-hybridized carbons (Fsp3) is 0.538. The highest BCUT2D eigenvalue weighted by molar-refractivity contribution is 5.85. The Morgan fingerprint density at radius 1 is 1.24 bits per heavy atom. The van der Waals surface area contributed by atoms with E-state index in [0.29, 0.717) is 5.92 Å². The van der Waals surface area contributed by atoms with Crippen molar-refractivity contribution < 1.29 is 9.47 Å². The van der Waals surface area contributed by atoms with E-state index in [1.165, 1.54) is 19.3 Å². The van der Waals surface area contributed by atoms with Gasteiger partial charge in [0.25, 0.3) is 0 Å². The minimum absolute atomic E-state index is 0. The van der Waals surface area contributed by atoms with Gasteiger partial charge in [-0.15, -0.1) is 12.4 Å². The minimum atomic E-state index is 0. The van der Waals surface area contributed by atoms with Crippen LogP contribution in [0.5, 0.6) is 11.5 Å². The van der Waals surface area contributed by atoms with Crippen LogP contribution in [0.1, 0.15) is 30.9 Å². The lowest BCUT2D eigenvalue weighted by atomic mass is 9.77. The number of benzene rings is 1. The molecule has 96 valence electrons. The Hall–Kier alpha value is -0.930. The summed E-state index contributed by atoms with van der Waals surface area (Å²) in [7, 11) is 3.35. The van der Waals surface area contributed by atoms with Gasteiger partial charge in [-0.2, -0.15) is 0 Å². The van der Waals surface area contributed by atoms with Crippen LogP contribution in [0.3, 0.4) is 0 Å². The summed E-state index contributed by atoms with van der Waals surface area (Å²) in [6.45, 7) is 0. The summed E-state index contributed by atoms with van der Waals surface area (Å²) in [5, 5.41) is 0. The Morgan fingerprint density at radius 3 is 2.41 bits per heavy atom. The van der Waals surface area contributed by atoms with Crippen molar-refractivity contribution in [1.82, 2.24) is 0 Å². The van der Waals surface area contributed by atoms with Crippen LogP contribution in [0.2, 0.25) is 0 Å². The van der Waals surface area contributed by atoms with Crippen LogP contribution in [0.4, 0.5) is 0 Å². The zero-order valence-corrected chi connectivity index (χ0v) is 11.1. The maximum absolute atomic E-state index is 6.26. The van der Waals surface area contributed by atoms with E-state index in [2.05, 4.69) is 0 Å². The molecule has 0 saturated heterocycles. The SMILES string of the molecule is COc1ccc(OC)c([C@@H](N)C2CCC2)c1.Cl. The molecule has 1 atom stereocenters. The third kappa shape index (κ3) is 2.85. The van der Waals surface area contributed by atoms with Gasteiger partial charge in [-0.05, 0) is 37.0 Å². The van der Waals surface area contributed by atoms with Gasteiger partial charge in [0.05, 0.1) is 14.2 Å². The van der Waals surface area contributed by atoms with Crippen LogP contribution in [0, 0.1) is 5.92 Å². The third-order valence-electron chi connectivity index (χ3n) is 3.45. The minimum Gasteiger partial charge on any atom is -0.497 e. The number of nitrogens with two attached hydrogens (primary N) is 1. The highest BCUT2D eigenvalue weighted by Crippen LogP contribution is 2.40. The zero-order chi connectivity index (χ0) is 11.5. The first-order chi connectivity index (χ1) is 7.76. The average Bonchev–Trinajstić information content (AvgIpc) is 2.25. The van der Waals surface area contributed by atoms with Gasteiger partial charge in [0.2, 0.25) is 0 Å². The van der Waals surface area contributed by atoms with Gasteiger partial charge in [-0.25, -0.2) is 0 Å². The Bertz CT molecular complexity index is 366. The second kappa shape index (κ2) is 6.12. The molecule has 1 aromatic rings. The number of methoxy groups -OCH3 is 2. The molecule has 0 aliphatic heterocycles. The molecule has 0 aromatic heterocycles. The lowest BCUT2D eigenvalue weighted by molar-refractivity contribution is 0.259. The van der Waals surface area contributed by atoms with E-state index in [1.807, 2.05) is 18.2 Å². The summed E-state index contributed by atoms with van der Waals surface area (Å²) < 4.78 is 10.6. The number of ether oxygens (including phenoxy) is 2. The van der Waals surface area contributed by atoms with E-state index < -0.39 is 0 Å². The van der Waals surface area contributed by atoms with Crippen molar-refractivity contribution in [2.75, 3.05) is 14.2 Å². The van der Waals surface area contributed by atoms with E-state index in [9.17, 15) is 0 Å². The van der Waals surface area contributed by atoms with Gasteiger partial charge in [0, 0.05) is 11.6 Å². The Morgan fingerprint density at radius 2 is 1.94 bits per heavy atom. The third-order valence-corrected chi connectivity index (χ3v) is 3.45. The summed E-state index contributed by atoms with van der Waals surface area (Å²) in [6.07, 6.45) is 3.74. The zero-order valence-electron chi connectivity index (χ0n) is 10.3. The van der Waals surface area contributed by atoms with E-state index >= 15 is 0 Å². The summed E-state index contributed by atoms with van der Waals surface area (Å²) in [5.41, 5.74) is 7.33. The molecule has 2 rings (SSSR count). The predicted molar refractivity (Wildman–Crippen MR) is 71.1 cm³/mol. The van der Waals surface area contributed by atoms with Crippen molar-refractivity contribution in [1.29, 1.82) is 0 Å². The first-order valence-corrected chi connectivity index (χ1v) is 5.73. The molecule has 1 saturated carbocycles. The highest BCUT2D eigenvalue weighted by atomic mass is 35.5. The molecule has 3 nitrogen and oxygen atoms in total. The van der Waals surface area contributed by atoms with Gasteiger partial charge in [0.1, 0.15) is 11.5 Å². The fourth-order valence-electron chi connectivity index (χ4n) is 2.15. The molecule has 0 unspecified atom stereocenters. The van der Waals surface area contributed by atoms with Gasteiger partial charge < -0.3 is 15.2 Å². The second-order valence-electron chi connectivity index (χ2n) is 4.32. The van der Waals surface area contributed by atoms with Gasteiger partial charge in [-0.1, -0.05) is 6.42 Å². The Labute approximate surface area is 109 Å². The topological polar surface area (TPSA) is 44.5 Å². The van der Waals surface area contributed by atoms with E-state index in [0.717, 1.165) is 17.1 Å². The maximum atomic E-state index is 6.26. The van der Waals surface area contributed by atoms with Crippen LogP contribution < -0.4 is 15.2 Å². The maximum Gasteiger partial charge on any atom is 0.123 e. The standard InChI is InChI=1S/C13H19NO2.ClH/c1-15-10-6-7-12(16-2)11(8-10)13(14)9-4-3-5-9;/h6-9,13H,3-5,14H2,1-2H3;1H/t13-;/m0./s1. The molecule has 0 heterocycles. The van der Waals surface area contributed by atoms with Crippen molar-refractivity contribution in [3.8, 4) is 11.5 Å². The second-order valence-corrected chi connectivity index (χ2v) is 4.32. The number of halogens is 1. The van der Waals surface area contributed by atoms with Crippen molar-refractivity contribution in [2.45, 2.75) is 25.3 Å². The molecule has 4 heteroatoms. The molecule has 0 radical (unpaired) electrons. The van der Waals surface area contributed by atoms with Crippen LogP contribution in [-0.4, -0.2) is 14.2 Å². The first-order valence-electron chi connectivity index (χ1n) is 5.73. The van der Waals surface area contributed by atoms with Crippen LogP contribution >= 0.6 is 12.4 Å². The smallest absolute Gasteiger partial charge is 0.123 e. The molecule has 0 amide bonds. The largest absolute Gasteiger partial charge is 0.497 e. The average molecular weight is 258 g/mol. The molecule has 0 spiro atoms. The number of hydrogen-bond acceptors (Lipinski definition) is 3. The van der Waals surface area contributed by atoms with Gasteiger partial charge in [0.15, 0.2) is 0 Å². The molecule has 1 fully saturated rings. The lowest BCUT2D eigenvalue weighted by Gasteiger charge is -2.32. The summed E-state index contributed by atoms with van der Waals surface area (Å²) in [4.78, 5) is 0. The quantitative estimate of drug-likeness (QED) is 0.902. The van der Waals surface area contributed by atoms with Crippen molar-refractivity contribution in [3.63, 3.8) is 0 Å². The van der Waals surface area contributed by atoms with Crippen LogP contribution in [0.15, 0.2) is 18.2 Å². The van der Waals surface area contributed by atoms with Crippen LogP contribution in [0.25, 0.3) is 0 Å². The summed E-state index contributed by atoms with van der Waals surface area (Å²) in [5.74, 6) is 2.30. The normalized spacial score (nSPS) is 16.6. The molecule has 0 bridgehead atoms. The molecule has 1 aliphatic rings. The lowest BCUT2D eigenvalue weighted by Crippen LogP contribution is -2.27. The molecular weight excluding hydrogens is 238 g/mol. The Kier molecular flexibility index (Phi) is 5.09. The van der Waals surface area contributed by atoms with Crippen molar-refractivity contribution in [3.05, 3.63) is 23.8 Å². The molecule has 1 aliphatic carbocycles.